The van der Waals surface area contributed by atoms with Crippen molar-refractivity contribution in [3.63, 3.8) is 0 Å². The second-order valence-corrected chi connectivity index (χ2v) is 7.12. The van der Waals surface area contributed by atoms with Gasteiger partial charge in [0.1, 0.15) is 12.4 Å². The number of pyridine rings is 1. The van der Waals surface area contributed by atoms with Gasteiger partial charge in [0, 0.05) is 32.4 Å². The van der Waals surface area contributed by atoms with Gasteiger partial charge in [-0.25, -0.2) is 0 Å². The van der Waals surface area contributed by atoms with E-state index in [1.807, 2.05) is 42.6 Å². The van der Waals surface area contributed by atoms with Crippen LogP contribution < -0.4 is 4.74 Å². The molecule has 0 saturated carbocycles. The fourth-order valence-corrected chi connectivity index (χ4v) is 3.31. The zero-order valence-corrected chi connectivity index (χ0v) is 16.2. The van der Waals surface area contributed by atoms with Gasteiger partial charge in [-0.3, -0.25) is 19.6 Å². The number of morpholine rings is 1. The highest BCUT2D eigenvalue weighted by atomic mass is 16.5. The molecule has 0 radical (unpaired) electrons. The highest BCUT2D eigenvalue weighted by molar-refractivity contribution is 5.69. The molecule has 1 aromatic heterocycles. The maximum absolute atomic E-state index is 10.8. The van der Waals surface area contributed by atoms with Gasteiger partial charge in [0.2, 0.25) is 0 Å². The summed E-state index contributed by atoms with van der Waals surface area (Å²) in [5.41, 5.74) is 2.21. The van der Waals surface area contributed by atoms with Gasteiger partial charge in [-0.05, 0) is 24.2 Å². The maximum atomic E-state index is 10.8. The minimum Gasteiger partial charge on any atom is -0.487 e. The van der Waals surface area contributed by atoms with Crippen molar-refractivity contribution in [3.05, 3.63) is 59.9 Å². The quantitative estimate of drug-likeness (QED) is 0.706. The third kappa shape index (κ3) is 6.60. The molecule has 7 heteroatoms. The molecule has 1 aliphatic heterocycles. The minimum absolute atomic E-state index is 0.00331. The largest absolute Gasteiger partial charge is 0.487 e. The van der Waals surface area contributed by atoms with Crippen LogP contribution in [0.2, 0.25) is 0 Å². The molecule has 1 aromatic carbocycles. The average molecular weight is 385 g/mol. The van der Waals surface area contributed by atoms with Gasteiger partial charge in [0.15, 0.2) is 0 Å². The first-order chi connectivity index (χ1) is 13.6. The van der Waals surface area contributed by atoms with Crippen LogP contribution in [0.3, 0.4) is 0 Å². The van der Waals surface area contributed by atoms with Crippen molar-refractivity contribution in [2.75, 3.05) is 39.8 Å². The molecule has 0 bridgehead atoms. The van der Waals surface area contributed by atoms with E-state index in [2.05, 4.69) is 9.88 Å². The number of likely N-dealkylation sites (N-methyl/N-ethyl adjacent to an activating group) is 1. The highest BCUT2D eigenvalue weighted by Crippen LogP contribution is 2.16. The van der Waals surface area contributed by atoms with E-state index >= 15 is 0 Å². The number of hydrogen-bond acceptors (Lipinski definition) is 6. The fourth-order valence-electron chi connectivity index (χ4n) is 3.31. The normalized spacial score (nSPS) is 17.6. The van der Waals surface area contributed by atoms with Crippen molar-refractivity contribution >= 4 is 5.97 Å². The lowest BCUT2D eigenvalue weighted by Crippen LogP contribution is -2.47. The number of nitrogens with zero attached hydrogens (tertiary/aromatic N) is 3. The lowest BCUT2D eigenvalue weighted by molar-refractivity contribution is -0.138. The summed E-state index contributed by atoms with van der Waals surface area (Å²) >= 11 is 0. The first-order valence-electron chi connectivity index (χ1n) is 9.43. The van der Waals surface area contributed by atoms with Crippen molar-refractivity contribution in [2.45, 2.75) is 19.3 Å². The molecular weight excluding hydrogens is 358 g/mol. The summed E-state index contributed by atoms with van der Waals surface area (Å²) in [5, 5.41) is 8.89. The first kappa shape index (κ1) is 20.3. The zero-order chi connectivity index (χ0) is 19.8. The lowest BCUT2D eigenvalue weighted by atomic mass is 10.2. The van der Waals surface area contributed by atoms with Gasteiger partial charge in [0.05, 0.1) is 25.5 Å². The van der Waals surface area contributed by atoms with Crippen molar-refractivity contribution < 1.29 is 19.4 Å². The Morgan fingerprint density at radius 1 is 1.32 bits per heavy atom. The lowest BCUT2D eigenvalue weighted by Gasteiger charge is -2.34. The predicted octanol–water partition coefficient (Wildman–Crippen LogP) is 1.88. The van der Waals surface area contributed by atoms with Gasteiger partial charge >= 0.3 is 5.97 Å². The van der Waals surface area contributed by atoms with E-state index in [1.54, 1.807) is 18.1 Å². The van der Waals surface area contributed by atoms with E-state index in [0.717, 1.165) is 36.5 Å². The van der Waals surface area contributed by atoms with Crippen LogP contribution in [0.4, 0.5) is 0 Å². The predicted molar refractivity (Wildman–Crippen MR) is 105 cm³/mol. The summed E-state index contributed by atoms with van der Waals surface area (Å²) in [4.78, 5) is 19.2. The molecule has 1 aliphatic rings. The number of carboxylic acid groups (broad SMARTS) is 1. The van der Waals surface area contributed by atoms with E-state index in [-0.39, 0.29) is 12.6 Å². The molecule has 1 unspecified atom stereocenters. The van der Waals surface area contributed by atoms with Crippen LogP contribution in [-0.4, -0.2) is 71.8 Å². The summed E-state index contributed by atoms with van der Waals surface area (Å²) in [6.07, 6.45) is 3.59. The molecule has 150 valence electrons. The van der Waals surface area contributed by atoms with Crippen LogP contribution in [-0.2, 0) is 22.7 Å². The van der Waals surface area contributed by atoms with E-state index in [1.165, 1.54) is 0 Å². The number of benzene rings is 1. The first-order valence-corrected chi connectivity index (χ1v) is 9.43. The smallest absolute Gasteiger partial charge is 0.317 e. The Hall–Kier alpha value is -2.48. The molecule has 1 atom stereocenters. The van der Waals surface area contributed by atoms with Gasteiger partial charge in [0.25, 0.3) is 0 Å². The summed E-state index contributed by atoms with van der Waals surface area (Å²) in [7, 11) is 1.80. The molecule has 3 rings (SSSR count). The molecule has 1 fully saturated rings. The third-order valence-corrected chi connectivity index (χ3v) is 4.57. The van der Waals surface area contributed by atoms with Crippen LogP contribution in [0.1, 0.15) is 11.1 Å². The number of ether oxygens (including phenoxy) is 2. The van der Waals surface area contributed by atoms with Gasteiger partial charge in [-0.15, -0.1) is 0 Å². The Balaban J connectivity index is 1.51. The number of rotatable bonds is 9. The van der Waals surface area contributed by atoms with Crippen molar-refractivity contribution in [1.82, 2.24) is 14.8 Å². The molecular formula is C21H27N3O4. The second-order valence-electron chi connectivity index (χ2n) is 7.12. The Morgan fingerprint density at radius 3 is 2.93 bits per heavy atom. The molecule has 0 aliphatic carbocycles. The Labute approximate surface area is 165 Å². The molecule has 0 amide bonds. The van der Waals surface area contributed by atoms with Crippen molar-refractivity contribution in [3.8, 4) is 5.75 Å². The maximum Gasteiger partial charge on any atom is 0.317 e. The Morgan fingerprint density at radius 2 is 2.14 bits per heavy atom. The van der Waals surface area contributed by atoms with E-state index in [0.29, 0.717) is 19.8 Å². The average Bonchev–Trinajstić information content (AvgIpc) is 2.67. The summed E-state index contributed by atoms with van der Waals surface area (Å²) in [6.45, 7) is 4.14. The molecule has 1 saturated heterocycles. The summed E-state index contributed by atoms with van der Waals surface area (Å²) in [5.74, 6) is -0.0686. The van der Waals surface area contributed by atoms with Crippen LogP contribution >= 0.6 is 0 Å². The molecule has 1 N–H and O–H groups in total. The van der Waals surface area contributed by atoms with Crippen LogP contribution in [0.25, 0.3) is 0 Å². The summed E-state index contributed by atoms with van der Waals surface area (Å²) < 4.78 is 11.7. The number of aromatic nitrogens is 1. The minimum atomic E-state index is -0.825. The van der Waals surface area contributed by atoms with Crippen LogP contribution in [0, 0.1) is 0 Å². The van der Waals surface area contributed by atoms with E-state index in [9.17, 15) is 4.79 Å². The van der Waals surface area contributed by atoms with Crippen molar-refractivity contribution in [1.29, 1.82) is 0 Å². The van der Waals surface area contributed by atoms with E-state index in [4.69, 9.17) is 14.6 Å². The Kier molecular flexibility index (Phi) is 7.36. The number of hydrogen-bond donors (Lipinski definition) is 1. The molecule has 2 heterocycles. The Bertz CT molecular complexity index is 756. The fraction of sp³-hybridized carbons (Fsp3) is 0.429. The van der Waals surface area contributed by atoms with Gasteiger partial charge in [-0.2, -0.15) is 0 Å². The third-order valence-electron chi connectivity index (χ3n) is 4.57. The molecule has 0 spiro atoms. The second kappa shape index (κ2) is 10.2. The SMILES string of the molecule is CN(CC(=O)O)CC1CN(Cc2cncc(OCc3ccccc3)c2)CCO1. The number of carbonyl (C=O) groups is 1. The monoisotopic (exact) mass is 385 g/mol. The van der Waals surface area contributed by atoms with Crippen LogP contribution in [0.15, 0.2) is 48.8 Å². The van der Waals surface area contributed by atoms with Gasteiger partial charge in [-0.1, -0.05) is 30.3 Å². The highest BCUT2D eigenvalue weighted by Gasteiger charge is 2.22. The van der Waals surface area contributed by atoms with E-state index < -0.39 is 5.97 Å². The summed E-state index contributed by atoms with van der Waals surface area (Å²) in [6, 6.07) is 12.1. The van der Waals surface area contributed by atoms with Gasteiger partial charge < -0.3 is 14.6 Å². The standard InChI is InChI=1S/C21H27N3O4/c1-23(15-21(25)26)13-20-14-24(7-8-27-20)12-18-9-19(11-22-10-18)28-16-17-5-3-2-4-6-17/h2-6,9-11,20H,7-8,12-16H2,1H3,(H,25,26). The number of carboxylic acids is 1. The van der Waals surface area contributed by atoms with Crippen LogP contribution in [0.5, 0.6) is 5.75 Å². The molecule has 7 nitrogen and oxygen atoms in total. The van der Waals surface area contributed by atoms with Crippen molar-refractivity contribution in [2.24, 2.45) is 0 Å². The zero-order valence-electron chi connectivity index (χ0n) is 16.2. The molecule has 2 aromatic rings. The number of aliphatic carboxylic acids is 1. The topological polar surface area (TPSA) is 75.1 Å². The molecule has 28 heavy (non-hydrogen) atoms.